The van der Waals surface area contributed by atoms with Gasteiger partial charge in [0.2, 0.25) is 11.8 Å². The maximum Gasteiger partial charge on any atom is 0.254 e. The van der Waals surface area contributed by atoms with Crippen LogP contribution in [0.1, 0.15) is 48.5 Å². The molecule has 250 valence electrons. The highest BCUT2D eigenvalue weighted by Gasteiger charge is 2.34. The fourth-order valence-corrected chi connectivity index (χ4v) is 7.83. The number of piperazine rings is 1. The summed E-state index contributed by atoms with van der Waals surface area (Å²) in [5.74, 6) is 0.440. The predicted octanol–water partition coefficient (Wildman–Crippen LogP) is 5.22. The summed E-state index contributed by atoms with van der Waals surface area (Å²) in [6.45, 7) is 9.63. The SMILES string of the molecule is CC(=O)N1CCC(C(=O)N2CCC(N3CCN(C(=O)c4cc(-c5ccc(C)cc5)nc(-c5cn(C)c6ccccc56)c4)CC3)CC2)CC1. The molecule has 4 aromatic rings. The maximum absolute atomic E-state index is 14.1. The normalized spacial score (nSPS) is 18.4. The van der Waals surface area contributed by atoms with Crippen LogP contribution in [-0.2, 0) is 16.6 Å². The minimum atomic E-state index is 0.0348. The second kappa shape index (κ2) is 13.5. The van der Waals surface area contributed by atoms with Gasteiger partial charge in [-0.2, -0.15) is 0 Å². The molecule has 9 nitrogen and oxygen atoms in total. The van der Waals surface area contributed by atoms with Gasteiger partial charge in [0, 0.05) is 112 Å². The van der Waals surface area contributed by atoms with Crippen LogP contribution in [0.3, 0.4) is 0 Å². The van der Waals surface area contributed by atoms with E-state index in [4.69, 9.17) is 4.98 Å². The van der Waals surface area contributed by atoms with Crippen molar-refractivity contribution in [2.24, 2.45) is 13.0 Å². The summed E-state index contributed by atoms with van der Waals surface area (Å²) in [5, 5.41) is 1.12. The molecule has 3 fully saturated rings. The Morgan fingerprint density at radius 3 is 2.06 bits per heavy atom. The van der Waals surface area contributed by atoms with E-state index in [9.17, 15) is 14.4 Å². The molecule has 0 radical (unpaired) electrons. The lowest BCUT2D eigenvalue weighted by atomic mass is 9.93. The Kier molecular flexibility index (Phi) is 9.05. The van der Waals surface area contributed by atoms with Gasteiger partial charge in [0.15, 0.2) is 0 Å². The summed E-state index contributed by atoms with van der Waals surface area (Å²) in [7, 11) is 2.05. The molecule has 0 bridgehead atoms. The molecule has 3 aliphatic rings. The molecular weight excluding hydrogens is 600 g/mol. The molecule has 0 unspecified atom stereocenters. The van der Waals surface area contributed by atoms with Crippen LogP contribution in [0.5, 0.6) is 0 Å². The van der Waals surface area contributed by atoms with E-state index in [1.165, 1.54) is 5.56 Å². The summed E-state index contributed by atoms with van der Waals surface area (Å²) < 4.78 is 2.12. The molecule has 2 aromatic carbocycles. The summed E-state index contributed by atoms with van der Waals surface area (Å²) in [5.41, 5.74) is 6.59. The lowest BCUT2D eigenvalue weighted by Crippen LogP contribution is -2.55. The number of carbonyl (C=O) groups excluding carboxylic acids is 3. The first-order valence-corrected chi connectivity index (χ1v) is 17.5. The van der Waals surface area contributed by atoms with E-state index in [0.29, 0.717) is 37.8 Å². The maximum atomic E-state index is 14.1. The number of likely N-dealkylation sites (tertiary alicyclic amines) is 2. The number of hydrogen-bond acceptors (Lipinski definition) is 5. The molecule has 3 amide bonds. The van der Waals surface area contributed by atoms with Gasteiger partial charge in [-0.1, -0.05) is 48.0 Å². The molecule has 0 saturated carbocycles. The van der Waals surface area contributed by atoms with Crippen molar-refractivity contribution in [2.75, 3.05) is 52.4 Å². The van der Waals surface area contributed by atoms with Crippen molar-refractivity contribution < 1.29 is 14.4 Å². The smallest absolute Gasteiger partial charge is 0.254 e. The van der Waals surface area contributed by atoms with Crippen molar-refractivity contribution in [3.05, 3.63) is 78.0 Å². The lowest BCUT2D eigenvalue weighted by molar-refractivity contribution is -0.141. The zero-order valence-corrected chi connectivity index (χ0v) is 28.4. The van der Waals surface area contributed by atoms with Gasteiger partial charge in [-0.3, -0.25) is 19.3 Å². The third-order valence-electron chi connectivity index (χ3n) is 10.8. The van der Waals surface area contributed by atoms with Crippen molar-refractivity contribution in [1.29, 1.82) is 0 Å². The first-order chi connectivity index (χ1) is 23.2. The third kappa shape index (κ3) is 6.48. The molecule has 9 heteroatoms. The van der Waals surface area contributed by atoms with E-state index in [0.717, 1.165) is 85.3 Å². The average Bonchev–Trinajstić information content (AvgIpc) is 3.47. The molecule has 2 aromatic heterocycles. The van der Waals surface area contributed by atoms with Crippen molar-refractivity contribution in [3.63, 3.8) is 0 Å². The Bertz CT molecular complexity index is 1810. The van der Waals surface area contributed by atoms with Crippen molar-refractivity contribution in [3.8, 4) is 22.5 Å². The number of hydrogen-bond donors (Lipinski definition) is 0. The van der Waals surface area contributed by atoms with Gasteiger partial charge in [-0.25, -0.2) is 4.98 Å². The van der Waals surface area contributed by atoms with Crippen molar-refractivity contribution >= 4 is 28.6 Å². The number of aryl methyl sites for hydroxylation is 2. The summed E-state index contributed by atoms with van der Waals surface area (Å²) >= 11 is 0. The van der Waals surface area contributed by atoms with Gasteiger partial charge in [-0.15, -0.1) is 0 Å². The number of nitrogens with zero attached hydrogens (tertiary/aromatic N) is 6. The van der Waals surface area contributed by atoms with E-state index in [1.54, 1.807) is 6.92 Å². The minimum Gasteiger partial charge on any atom is -0.350 e. The van der Waals surface area contributed by atoms with Gasteiger partial charge in [0.05, 0.1) is 11.4 Å². The molecule has 3 saturated heterocycles. The fourth-order valence-electron chi connectivity index (χ4n) is 7.83. The van der Waals surface area contributed by atoms with Gasteiger partial charge in [-0.05, 0) is 50.8 Å². The molecule has 0 aliphatic carbocycles. The van der Waals surface area contributed by atoms with Crippen LogP contribution in [-0.4, -0.2) is 105 Å². The van der Waals surface area contributed by atoms with Gasteiger partial charge in [0.1, 0.15) is 0 Å². The topological polar surface area (TPSA) is 82.0 Å². The van der Waals surface area contributed by atoms with E-state index < -0.39 is 0 Å². The number of pyridine rings is 1. The van der Waals surface area contributed by atoms with Crippen molar-refractivity contribution in [2.45, 2.75) is 45.6 Å². The Labute approximate surface area is 283 Å². The zero-order valence-electron chi connectivity index (χ0n) is 28.4. The van der Waals surface area contributed by atoms with E-state index in [2.05, 4.69) is 59.0 Å². The quantitative estimate of drug-likeness (QED) is 0.297. The zero-order chi connectivity index (χ0) is 33.4. The van der Waals surface area contributed by atoms with Crippen molar-refractivity contribution in [1.82, 2.24) is 29.2 Å². The van der Waals surface area contributed by atoms with Crippen LogP contribution >= 0.6 is 0 Å². The number of aromatic nitrogens is 2. The number of fused-ring (bicyclic) bond motifs is 1. The number of amides is 3. The number of benzene rings is 2. The molecule has 5 heterocycles. The Hall–Kier alpha value is -4.50. The summed E-state index contributed by atoms with van der Waals surface area (Å²) in [6, 6.07) is 21.0. The number of piperidine rings is 2. The summed E-state index contributed by atoms with van der Waals surface area (Å²) in [6.07, 6.45) is 5.56. The predicted molar refractivity (Wildman–Crippen MR) is 188 cm³/mol. The highest BCUT2D eigenvalue weighted by Crippen LogP contribution is 2.32. The van der Waals surface area contributed by atoms with Gasteiger partial charge < -0.3 is 19.3 Å². The second-order valence-electron chi connectivity index (χ2n) is 13.8. The van der Waals surface area contributed by atoms with Gasteiger partial charge >= 0.3 is 0 Å². The molecular formula is C39H46N6O3. The van der Waals surface area contributed by atoms with E-state index in [1.807, 2.05) is 46.0 Å². The third-order valence-corrected chi connectivity index (χ3v) is 10.8. The number of para-hydroxylation sites is 1. The number of carbonyl (C=O) groups is 3. The molecule has 0 N–H and O–H groups in total. The van der Waals surface area contributed by atoms with Crippen LogP contribution < -0.4 is 0 Å². The second-order valence-corrected chi connectivity index (χ2v) is 13.8. The van der Waals surface area contributed by atoms with Crippen LogP contribution in [0, 0.1) is 12.8 Å². The standard InChI is InChI=1S/C39H46N6O3/c1-27-8-10-29(11-9-27)35-24-31(25-36(40-35)34-26-41(3)37-7-5-4-6-33(34)37)39(48)45-22-20-43(21-23-45)32-14-18-44(19-15-32)38(47)30-12-16-42(17-13-30)28(2)46/h4-11,24-26,30,32H,12-23H2,1-3H3. The van der Waals surface area contributed by atoms with Crippen LogP contribution in [0.15, 0.2) is 66.9 Å². The van der Waals surface area contributed by atoms with Gasteiger partial charge in [0.25, 0.3) is 5.91 Å². The first-order valence-electron chi connectivity index (χ1n) is 17.5. The minimum absolute atomic E-state index is 0.0348. The molecule has 3 aliphatic heterocycles. The van der Waals surface area contributed by atoms with E-state index in [-0.39, 0.29) is 23.6 Å². The monoisotopic (exact) mass is 646 g/mol. The summed E-state index contributed by atoms with van der Waals surface area (Å²) in [4.78, 5) is 52.5. The lowest BCUT2D eigenvalue weighted by Gasteiger charge is -2.43. The van der Waals surface area contributed by atoms with Crippen LogP contribution in [0.2, 0.25) is 0 Å². The first kappa shape index (κ1) is 32.1. The highest BCUT2D eigenvalue weighted by atomic mass is 16.2. The van der Waals surface area contributed by atoms with E-state index >= 15 is 0 Å². The largest absolute Gasteiger partial charge is 0.350 e. The van der Waals surface area contributed by atoms with Crippen LogP contribution in [0.25, 0.3) is 33.4 Å². The average molecular weight is 647 g/mol. The molecule has 0 spiro atoms. The Morgan fingerprint density at radius 1 is 0.729 bits per heavy atom. The fraction of sp³-hybridized carbons (Fsp3) is 0.436. The molecule has 0 atom stereocenters. The van der Waals surface area contributed by atoms with Crippen LogP contribution in [0.4, 0.5) is 0 Å². The molecule has 7 rings (SSSR count). The number of rotatable bonds is 5. The molecule has 48 heavy (non-hydrogen) atoms. The Morgan fingerprint density at radius 2 is 1.38 bits per heavy atom. The highest BCUT2D eigenvalue weighted by molar-refractivity contribution is 5.99. The Balaban J connectivity index is 1.02.